The molecule has 0 aliphatic carbocycles. The third-order valence-electron chi connectivity index (χ3n) is 0.806. The van der Waals surface area contributed by atoms with Crippen molar-refractivity contribution in [2.24, 2.45) is 0 Å². The highest BCUT2D eigenvalue weighted by Gasteiger charge is 2.21. The summed E-state index contributed by atoms with van der Waals surface area (Å²) < 4.78 is 0. The Morgan fingerprint density at radius 2 is 1.75 bits per heavy atom. The Hall–Kier alpha value is 0.620. The maximum absolute atomic E-state index is 10.7. The highest BCUT2D eigenvalue weighted by molar-refractivity contribution is 9.11. The minimum Gasteiger partial charge on any atom is -0.299 e. The van der Waals surface area contributed by atoms with Crippen LogP contribution >= 0.6 is 39.6 Å². The molecular weight excluding hydrogens is 239 g/mol. The number of Topliss-reactive ketones (excluding diaryl/α,β-unsaturated/α-hetero) is 2. The van der Waals surface area contributed by atoms with Crippen LogP contribution in [0.25, 0.3) is 0 Å². The van der Waals surface area contributed by atoms with Crippen molar-refractivity contribution in [1.82, 2.24) is 0 Å². The fourth-order valence-electron chi connectivity index (χ4n) is 0.447. The van der Waals surface area contributed by atoms with E-state index in [1.165, 1.54) is 13.8 Å². The average Bonchev–Trinajstić information content (AvgIpc) is 1.81. The van der Waals surface area contributed by atoms with Gasteiger partial charge in [-0.3, -0.25) is 9.59 Å². The van der Waals surface area contributed by atoms with Crippen molar-refractivity contribution in [1.29, 1.82) is 0 Å². The van der Waals surface area contributed by atoms with E-state index in [-0.39, 0.29) is 23.1 Å². The summed E-state index contributed by atoms with van der Waals surface area (Å²) >= 11 is 0. The van der Waals surface area contributed by atoms with Crippen molar-refractivity contribution < 1.29 is 9.59 Å². The highest BCUT2D eigenvalue weighted by atomic mass is 36.0. The fourth-order valence-corrected chi connectivity index (χ4v) is 4.83. The monoisotopic (exact) mass is 248 g/mol. The van der Waals surface area contributed by atoms with Crippen LogP contribution in [0.5, 0.6) is 0 Å². The van der Waals surface area contributed by atoms with E-state index in [1.54, 1.807) is 0 Å². The van der Waals surface area contributed by atoms with E-state index < -0.39 is 7.49 Å². The van der Waals surface area contributed by atoms with Gasteiger partial charge in [-0.1, -0.05) is 10.8 Å². The predicted octanol–water partition coefficient (Wildman–Crippen LogP) is 2.92. The molecular formula is C6H10Cl2O2S2. The van der Waals surface area contributed by atoms with Crippen LogP contribution in [0.3, 0.4) is 0 Å². The number of carbonyl (C=O) groups excluding carboxylic acids is 2. The molecule has 6 heteroatoms. The summed E-state index contributed by atoms with van der Waals surface area (Å²) in [7, 11) is 10.8. The zero-order valence-electron chi connectivity index (χ0n) is 6.80. The zero-order chi connectivity index (χ0) is 9.78. The molecule has 0 rings (SSSR count). The van der Waals surface area contributed by atoms with Gasteiger partial charge in [-0.05, 0) is 42.7 Å². The summed E-state index contributed by atoms with van der Waals surface area (Å²) in [6, 6.07) is 0. The van der Waals surface area contributed by atoms with Gasteiger partial charge in [-0.2, -0.15) is 0 Å². The minimum absolute atomic E-state index is 0.0155. The SMILES string of the molecule is CC(=O)CSS(Cl)(Cl)CC(C)=O. The molecule has 0 amide bonds. The molecule has 0 fully saturated rings. The smallest absolute Gasteiger partial charge is 0.141 e. The van der Waals surface area contributed by atoms with Gasteiger partial charge < -0.3 is 0 Å². The van der Waals surface area contributed by atoms with Crippen molar-refractivity contribution >= 4 is 51.2 Å². The number of halogens is 2. The maximum atomic E-state index is 10.7. The van der Waals surface area contributed by atoms with E-state index in [1.807, 2.05) is 0 Å². The van der Waals surface area contributed by atoms with E-state index in [2.05, 4.69) is 0 Å². The lowest BCUT2D eigenvalue weighted by Gasteiger charge is -2.20. The van der Waals surface area contributed by atoms with E-state index >= 15 is 0 Å². The second kappa shape index (κ2) is 5.37. The molecule has 0 bridgehead atoms. The lowest BCUT2D eigenvalue weighted by molar-refractivity contribution is -0.115. The van der Waals surface area contributed by atoms with Crippen molar-refractivity contribution in [3.63, 3.8) is 0 Å². The molecule has 0 atom stereocenters. The van der Waals surface area contributed by atoms with Crippen molar-refractivity contribution in [3.8, 4) is 0 Å². The molecule has 0 aromatic heterocycles. The number of carbonyl (C=O) groups is 2. The summed E-state index contributed by atoms with van der Waals surface area (Å²) in [5.74, 6) is 0.386. The molecule has 0 N–H and O–H groups in total. The number of ketones is 2. The number of rotatable bonds is 5. The van der Waals surface area contributed by atoms with Gasteiger partial charge in [-0.25, -0.2) is 0 Å². The van der Waals surface area contributed by atoms with Crippen LogP contribution in [0.4, 0.5) is 0 Å². The van der Waals surface area contributed by atoms with Gasteiger partial charge in [0.05, 0.1) is 11.5 Å². The molecule has 0 radical (unpaired) electrons. The maximum Gasteiger partial charge on any atom is 0.141 e. The Morgan fingerprint density at radius 1 is 1.25 bits per heavy atom. The fraction of sp³-hybridized carbons (Fsp3) is 0.667. The van der Waals surface area contributed by atoms with Crippen LogP contribution in [0.15, 0.2) is 0 Å². The van der Waals surface area contributed by atoms with Gasteiger partial charge >= 0.3 is 0 Å². The lowest BCUT2D eigenvalue weighted by atomic mass is 10.5. The van der Waals surface area contributed by atoms with Crippen LogP contribution in [-0.4, -0.2) is 23.1 Å². The van der Waals surface area contributed by atoms with Gasteiger partial charge in [0.2, 0.25) is 0 Å². The van der Waals surface area contributed by atoms with E-state index in [9.17, 15) is 9.59 Å². The van der Waals surface area contributed by atoms with Crippen LogP contribution in [0.1, 0.15) is 13.8 Å². The molecule has 0 spiro atoms. The van der Waals surface area contributed by atoms with Gasteiger partial charge in [0, 0.05) is 0 Å². The highest BCUT2D eigenvalue weighted by Crippen LogP contribution is 2.68. The molecule has 0 aliphatic heterocycles. The molecule has 0 aliphatic rings. The average molecular weight is 249 g/mol. The summed E-state index contributed by atoms with van der Waals surface area (Å²) in [6.45, 7) is 2.89. The van der Waals surface area contributed by atoms with Crippen molar-refractivity contribution in [2.75, 3.05) is 11.5 Å². The summed E-state index contributed by atoms with van der Waals surface area (Å²) in [5, 5.41) is 0. The lowest BCUT2D eigenvalue weighted by Crippen LogP contribution is -2.01. The Bertz CT molecular complexity index is 194. The molecule has 0 aromatic rings. The number of hydrogen-bond acceptors (Lipinski definition) is 3. The first-order valence-electron chi connectivity index (χ1n) is 3.17. The molecule has 0 heterocycles. The predicted molar refractivity (Wildman–Crippen MR) is 58.0 cm³/mol. The standard InChI is InChI=1S/C6H10Cl2O2S2/c1-5(9)3-11-12(7,8)4-6(2)10/h3-4H2,1-2H3. The molecule has 0 saturated carbocycles. The van der Waals surface area contributed by atoms with E-state index in [0.29, 0.717) is 0 Å². The molecule has 72 valence electrons. The topological polar surface area (TPSA) is 34.1 Å². The summed E-state index contributed by atoms with van der Waals surface area (Å²) in [4.78, 5) is 21.2. The summed E-state index contributed by atoms with van der Waals surface area (Å²) in [5.41, 5.74) is 0. The Balaban J connectivity index is 3.86. The molecule has 0 unspecified atom stereocenters. The van der Waals surface area contributed by atoms with Crippen LogP contribution < -0.4 is 0 Å². The zero-order valence-corrected chi connectivity index (χ0v) is 9.95. The van der Waals surface area contributed by atoms with Crippen LogP contribution in [-0.2, 0) is 9.59 Å². The van der Waals surface area contributed by atoms with Crippen LogP contribution in [0, 0.1) is 0 Å². The molecule has 0 aromatic carbocycles. The van der Waals surface area contributed by atoms with Crippen molar-refractivity contribution in [2.45, 2.75) is 13.8 Å². The van der Waals surface area contributed by atoms with Crippen molar-refractivity contribution in [3.05, 3.63) is 0 Å². The molecule has 0 saturated heterocycles. The quantitative estimate of drug-likeness (QED) is 0.702. The first-order chi connectivity index (χ1) is 5.33. The summed E-state index contributed by atoms with van der Waals surface area (Å²) in [6.07, 6.45) is 0. The third-order valence-corrected chi connectivity index (χ3v) is 6.42. The normalized spacial score (nSPS) is 12.7. The van der Waals surface area contributed by atoms with Gasteiger partial charge in [0.25, 0.3) is 0 Å². The largest absolute Gasteiger partial charge is 0.299 e. The van der Waals surface area contributed by atoms with Gasteiger partial charge in [0.1, 0.15) is 11.6 Å². The Labute approximate surface area is 86.1 Å². The molecule has 2 nitrogen and oxygen atoms in total. The molecule has 12 heavy (non-hydrogen) atoms. The minimum atomic E-state index is -1.99. The Kier molecular flexibility index (Phi) is 5.65. The van der Waals surface area contributed by atoms with Crippen LogP contribution in [0.2, 0.25) is 0 Å². The van der Waals surface area contributed by atoms with E-state index in [4.69, 9.17) is 21.4 Å². The third kappa shape index (κ3) is 7.28. The first kappa shape index (κ1) is 12.6. The van der Waals surface area contributed by atoms with Gasteiger partial charge in [0.15, 0.2) is 0 Å². The Morgan fingerprint density at radius 3 is 2.08 bits per heavy atom. The second-order valence-electron chi connectivity index (χ2n) is 2.33. The van der Waals surface area contributed by atoms with E-state index in [0.717, 1.165) is 10.8 Å². The number of hydrogen-bond donors (Lipinski definition) is 0. The first-order valence-corrected chi connectivity index (χ1v) is 8.12. The second-order valence-corrected chi connectivity index (χ2v) is 11.3. The van der Waals surface area contributed by atoms with Gasteiger partial charge in [-0.15, -0.1) is 0 Å².